The first-order valence-electron chi connectivity index (χ1n) is 11.6. The molecule has 3 amide bonds. The Morgan fingerprint density at radius 2 is 1.39 bits per heavy atom. The maximum atomic E-state index is 13.3. The summed E-state index contributed by atoms with van der Waals surface area (Å²) >= 11 is 0. The molecule has 3 aromatic carbocycles. The number of ketones is 1. The Hall–Kier alpha value is -5.19. The van der Waals surface area contributed by atoms with E-state index in [2.05, 4.69) is 0 Å². The molecule has 4 rings (SSSR count). The summed E-state index contributed by atoms with van der Waals surface area (Å²) in [7, 11) is 0. The fourth-order valence-electron chi connectivity index (χ4n) is 3.80. The second-order valence-corrected chi connectivity index (χ2v) is 8.32. The van der Waals surface area contributed by atoms with Crippen molar-refractivity contribution < 1.29 is 33.6 Å². The molecule has 3 aromatic rings. The number of benzene rings is 3. The quantitative estimate of drug-likeness (QED) is 0.111. The van der Waals surface area contributed by atoms with E-state index in [9.17, 15) is 34.1 Å². The van der Waals surface area contributed by atoms with Crippen LogP contribution in [0.4, 0.5) is 5.69 Å². The summed E-state index contributed by atoms with van der Waals surface area (Å²) in [6, 6.07) is 18.6. The van der Waals surface area contributed by atoms with Gasteiger partial charge in [0.05, 0.1) is 10.5 Å². The van der Waals surface area contributed by atoms with Gasteiger partial charge in [-0.05, 0) is 55.0 Å². The van der Waals surface area contributed by atoms with Gasteiger partial charge in [-0.3, -0.25) is 29.3 Å². The van der Waals surface area contributed by atoms with Gasteiger partial charge in [-0.15, -0.1) is 0 Å². The van der Waals surface area contributed by atoms with E-state index in [4.69, 9.17) is 4.74 Å². The lowest BCUT2D eigenvalue weighted by Gasteiger charge is -2.35. The summed E-state index contributed by atoms with van der Waals surface area (Å²) in [6.07, 6.45) is 0.363. The smallest absolute Gasteiger partial charge is 0.343 e. The van der Waals surface area contributed by atoms with Gasteiger partial charge < -0.3 is 4.74 Å². The average molecular weight is 515 g/mol. The molecule has 0 unspecified atom stereocenters. The van der Waals surface area contributed by atoms with E-state index >= 15 is 0 Å². The molecule has 1 fully saturated rings. The monoisotopic (exact) mass is 515 g/mol. The molecule has 1 aliphatic heterocycles. The zero-order chi connectivity index (χ0) is 27.2. The van der Waals surface area contributed by atoms with E-state index in [1.54, 1.807) is 30.3 Å². The minimum Gasteiger partial charge on any atom is -0.423 e. The third kappa shape index (κ3) is 5.78. The van der Waals surface area contributed by atoms with Crippen molar-refractivity contribution in [2.45, 2.75) is 19.3 Å². The molecule has 1 aliphatic rings. The number of carbonyl (C=O) groups is 5. The summed E-state index contributed by atoms with van der Waals surface area (Å²) in [6.45, 7) is -0.642. The lowest BCUT2D eigenvalue weighted by Crippen LogP contribution is -2.56. The molecule has 192 valence electrons. The van der Waals surface area contributed by atoms with Crippen LogP contribution in [0, 0.1) is 10.1 Å². The molecule has 0 spiro atoms. The number of nitrogens with zero attached hydrogens (tertiary/aromatic N) is 3. The van der Waals surface area contributed by atoms with Crippen LogP contribution in [0.15, 0.2) is 78.9 Å². The van der Waals surface area contributed by atoms with Crippen LogP contribution in [-0.2, 0) is 9.59 Å². The highest BCUT2D eigenvalue weighted by Gasteiger charge is 2.36. The number of carbonyl (C=O) groups excluding carboxylic acids is 5. The van der Waals surface area contributed by atoms with Crippen molar-refractivity contribution in [2.24, 2.45) is 0 Å². The van der Waals surface area contributed by atoms with Gasteiger partial charge in [0, 0.05) is 36.1 Å². The van der Waals surface area contributed by atoms with Crippen LogP contribution in [0.1, 0.15) is 50.3 Å². The normalized spacial score (nSPS) is 13.1. The van der Waals surface area contributed by atoms with Crippen molar-refractivity contribution >= 4 is 35.2 Å². The number of rotatable bonds is 8. The van der Waals surface area contributed by atoms with Crippen LogP contribution >= 0.6 is 0 Å². The van der Waals surface area contributed by atoms with Gasteiger partial charge in [0.1, 0.15) is 12.3 Å². The third-order valence-corrected chi connectivity index (χ3v) is 5.74. The highest BCUT2D eigenvalue weighted by Crippen LogP contribution is 2.21. The second kappa shape index (κ2) is 11.2. The fourth-order valence-corrected chi connectivity index (χ4v) is 3.80. The Kier molecular flexibility index (Phi) is 7.66. The van der Waals surface area contributed by atoms with Gasteiger partial charge in [-0.1, -0.05) is 18.2 Å². The van der Waals surface area contributed by atoms with Gasteiger partial charge in [-0.2, -0.15) is 5.01 Å². The summed E-state index contributed by atoms with van der Waals surface area (Å²) < 4.78 is 5.30. The average Bonchev–Trinajstić information content (AvgIpc) is 2.92. The number of non-ortho nitro benzene ring substituents is 1. The van der Waals surface area contributed by atoms with Crippen LogP contribution in [0.2, 0.25) is 0 Å². The van der Waals surface area contributed by atoms with Gasteiger partial charge >= 0.3 is 5.97 Å². The molecule has 11 heteroatoms. The van der Waals surface area contributed by atoms with Crippen molar-refractivity contribution in [1.29, 1.82) is 0 Å². The van der Waals surface area contributed by atoms with E-state index in [0.29, 0.717) is 17.0 Å². The lowest BCUT2D eigenvalue weighted by atomic mass is 10.1. The Morgan fingerprint density at radius 1 is 0.816 bits per heavy atom. The molecular weight excluding hydrogens is 494 g/mol. The summed E-state index contributed by atoms with van der Waals surface area (Å²) in [5.41, 5.74) is 0.201. The van der Waals surface area contributed by atoms with Gasteiger partial charge in [0.25, 0.3) is 11.6 Å². The molecule has 11 nitrogen and oxygen atoms in total. The van der Waals surface area contributed by atoms with Crippen LogP contribution in [0.3, 0.4) is 0 Å². The molecule has 0 bridgehead atoms. The largest absolute Gasteiger partial charge is 0.423 e. The standard InChI is InChI=1S/C27H21N3O8/c31-23(18-11-15-22(16-12-18)38-27(35)20-5-2-1-3-6-20)17-28(29-24(32)7-4-8-25(29)33)26(34)19-9-13-21(14-10-19)30(36)37/h1-3,5-6,9-16H,4,7-8,17H2. The number of ether oxygens (including phenoxy) is 1. The van der Waals surface area contributed by atoms with Crippen molar-refractivity contribution in [1.82, 2.24) is 10.0 Å². The van der Waals surface area contributed by atoms with E-state index in [-0.39, 0.29) is 35.4 Å². The maximum Gasteiger partial charge on any atom is 0.343 e. The number of imide groups is 1. The number of hydrazine groups is 1. The van der Waals surface area contributed by atoms with E-state index in [1.165, 1.54) is 36.4 Å². The molecule has 0 radical (unpaired) electrons. The molecular formula is C27H21N3O8. The minimum absolute atomic E-state index is 0.0193. The highest BCUT2D eigenvalue weighted by molar-refractivity contribution is 6.06. The van der Waals surface area contributed by atoms with Crippen LogP contribution in [-0.4, -0.2) is 51.0 Å². The molecule has 38 heavy (non-hydrogen) atoms. The lowest BCUT2D eigenvalue weighted by molar-refractivity contribution is -0.384. The number of Topliss-reactive ketones (excluding diaryl/α,β-unsaturated/α-hetero) is 1. The van der Waals surface area contributed by atoms with Crippen molar-refractivity contribution in [3.63, 3.8) is 0 Å². The minimum atomic E-state index is -0.842. The molecule has 1 saturated heterocycles. The number of hydrogen-bond donors (Lipinski definition) is 0. The number of nitro groups is 1. The first kappa shape index (κ1) is 25.9. The predicted octanol–water partition coefficient (Wildman–Crippen LogP) is 3.59. The molecule has 0 N–H and O–H groups in total. The number of hydrogen-bond acceptors (Lipinski definition) is 8. The fraction of sp³-hybridized carbons (Fsp3) is 0.148. The number of piperidine rings is 1. The topological polar surface area (TPSA) is 144 Å². The van der Waals surface area contributed by atoms with Crippen LogP contribution in [0.25, 0.3) is 0 Å². The maximum absolute atomic E-state index is 13.3. The van der Waals surface area contributed by atoms with E-state index in [0.717, 1.165) is 17.1 Å². The summed E-state index contributed by atoms with van der Waals surface area (Å²) in [5.74, 6) is -3.08. The zero-order valence-corrected chi connectivity index (χ0v) is 19.9. The van der Waals surface area contributed by atoms with E-state index < -0.39 is 40.9 Å². The van der Waals surface area contributed by atoms with Crippen LogP contribution < -0.4 is 4.74 Å². The zero-order valence-electron chi connectivity index (χ0n) is 19.9. The second-order valence-electron chi connectivity index (χ2n) is 8.32. The Bertz CT molecular complexity index is 1390. The Labute approximate surface area is 216 Å². The first-order valence-corrected chi connectivity index (χ1v) is 11.6. The number of nitro benzene ring substituents is 1. The molecule has 0 aliphatic carbocycles. The molecule has 0 saturated carbocycles. The summed E-state index contributed by atoms with van der Waals surface area (Å²) in [4.78, 5) is 74.1. The highest BCUT2D eigenvalue weighted by atomic mass is 16.6. The SMILES string of the molecule is O=C(CN(C(=O)c1ccc([N+](=O)[O-])cc1)N1C(=O)CCCC1=O)c1ccc(OC(=O)c2ccccc2)cc1. The third-order valence-electron chi connectivity index (χ3n) is 5.74. The van der Waals surface area contributed by atoms with Crippen molar-refractivity contribution in [2.75, 3.05) is 6.54 Å². The predicted molar refractivity (Wildman–Crippen MR) is 132 cm³/mol. The van der Waals surface area contributed by atoms with Gasteiger partial charge in [0.15, 0.2) is 5.78 Å². The first-order chi connectivity index (χ1) is 18.2. The summed E-state index contributed by atoms with van der Waals surface area (Å²) in [5, 5.41) is 12.4. The number of amides is 3. The molecule has 0 aromatic heterocycles. The van der Waals surface area contributed by atoms with E-state index in [1.807, 2.05) is 0 Å². The van der Waals surface area contributed by atoms with Gasteiger partial charge in [0.2, 0.25) is 11.8 Å². The number of esters is 1. The van der Waals surface area contributed by atoms with Crippen molar-refractivity contribution in [3.8, 4) is 5.75 Å². The van der Waals surface area contributed by atoms with Gasteiger partial charge in [-0.25, -0.2) is 9.80 Å². The van der Waals surface area contributed by atoms with Crippen molar-refractivity contribution in [3.05, 3.63) is 106 Å². The Morgan fingerprint density at radius 3 is 1.97 bits per heavy atom. The van der Waals surface area contributed by atoms with Crippen LogP contribution in [0.5, 0.6) is 5.75 Å². The molecule has 0 atom stereocenters. The Balaban J connectivity index is 1.54. The molecule has 1 heterocycles.